The third-order valence-corrected chi connectivity index (χ3v) is 3.09. The van der Waals surface area contributed by atoms with Gasteiger partial charge in [-0.15, -0.1) is 0 Å². The Morgan fingerprint density at radius 3 is 1.40 bits per heavy atom. The van der Waals surface area contributed by atoms with E-state index in [4.69, 9.17) is 0 Å². The molecule has 118 valence electrons. The first-order chi connectivity index (χ1) is 9.76. The van der Waals surface area contributed by atoms with Crippen LogP contribution in [0.15, 0.2) is 30.3 Å². The van der Waals surface area contributed by atoms with E-state index in [0.29, 0.717) is 0 Å². The third kappa shape index (κ3) is 19.6. The molecule has 0 radical (unpaired) electrons. The second-order valence-electron chi connectivity index (χ2n) is 5.30. The number of benzene rings is 1. The number of rotatable bonds is 7. The topological polar surface area (TPSA) is 0 Å². The second-order valence-corrected chi connectivity index (χ2v) is 5.30. The van der Waals surface area contributed by atoms with Gasteiger partial charge < -0.3 is 0 Å². The molecule has 0 nitrogen and oxygen atoms in total. The van der Waals surface area contributed by atoms with Crippen LogP contribution in [0.2, 0.25) is 0 Å². The first-order valence-electron chi connectivity index (χ1n) is 8.80. The smallest absolute Gasteiger partial charge is 0.0281 e. The predicted molar refractivity (Wildman–Crippen MR) is 95.5 cm³/mol. The van der Waals surface area contributed by atoms with Crippen molar-refractivity contribution in [3.8, 4) is 0 Å². The highest BCUT2D eigenvalue weighted by molar-refractivity contribution is 5.14. The van der Waals surface area contributed by atoms with Crippen LogP contribution < -0.4 is 0 Å². The lowest BCUT2D eigenvalue weighted by Gasteiger charge is -1.93. The van der Waals surface area contributed by atoms with E-state index in [1.807, 2.05) is 0 Å². The zero-order valence-electron chi connectivity index (χ0n) is 14.8. The molecule has 0 fully saturated rings. The Morgan fingerprint density at radius 2 is 1.05 bits per heavy atom. The molecule has 1 rings (SSSR count). The zero-order valence-corrected chi connectivity index (χ0v) is 14.8. The maximum Gasteiger partial charge on any atom is -0.0281 e. The molecule has 0 aliphatic rings. The normalized spacial score (nSPS) is 9.05. The van der Waals surface area contributed by atoms with Gasteiger partial charge in [-0.25, -0.2) is 0 Å². The van der Waals surface area contributed by atoms with Crippen molar-refractivity contribution in [2.24, 2.45) is 0 Å². The minimum absolute atomic E-state index is 1.21. The van der Waals surface area contributed by atoms with Gasteiger partial charge in [-0.3, -0.25) is 0 Å². The van der Waals surface area contributed by atoms with Gasteiger partial charge in [0.15, 0.2) is 0 Å². The summed E-state index contributed by atoms with van der Waals surface area (Å²) in [5, 5.41) is 0. The van der Waals surface area contributed by atoms with E-state index in [9.17, 15) is 0 Å². The molecule has 0 amide bonds. The summed E-state index contributed by atoms with van der Waals surface area (Å²) in [6, 6.07) is 10.6. The van der Waals surface area contributed by atoms with Crippen molar-refractivity contribution in [3.63, 3.8) is 0 Å². The highest BCUT2D eigenvalue weighted by Crippen LogP contribution is 2.01. The fourth-order valence-electron chi connectivity index (χ4n) is 1.61. The van der Waals surface area contributed by atoms with E-state index in [1.54, 1.807) is 0 Å². The fourth-order valence-corrected chi connectivity index (χ4v) is 1.61. The highest BCUT2D eigenvalue weighted by atomic mass is 13.9. The molecule has 0 spiro atoms. The monoisotopic (exact) mass is 278 g/mol. The largest absolute Gasteiger partial charge is 0.0654 e. The summed E-state index contributed by atoms with van der Waals surface area (Å²) in [7, 11) is 0. The van der Waals surface area contributed by atoms with Crippen molar-refractivity contribution in [1.29, 1.82) is 0 Å². The Kier molecular flexibility index (Phi) is 22.1. The van der Waals surface area contributed by atoms with Crippen LogP contribution in [-0.4, -0.2) is 0 Å². The van der Waals surface area contributed by atoms with E-state index < -0.39 is 0 Å². The average Bonchev–Trinajstić information content (AvgIpc) is 2.50. The quantitative estimate of drug-likeness (QED) is 0.455. The van der Waals surface area contributed by atoms with Crippen LogP contribution >= 0.6 is 0 Å². The summed E-state index contributed by atoms with van der Waals surface area (Å²) in [6.07, 6.45) is 12.1. The lowest BCUT2D eigenvalue weighted by molar-refractivity contribution is 0.656. The SMILES string of the molecule is CCCC.CCCCCCC.CCCc1ccccc1. The summed E-state index contributed by atoms with van der Waals surface area (Å²) >= 11 is 0. The first-order valence-corrected chi connectivity index (χ1v) is 8.80. The summed E-state index contributed by atoms with van der Waals surface area (Å²) in [6.45, 7) is 11.1. The summed E-state index contributed by atoms with van der Waals surface area (Å²) in [5.74, 6) is 0. The maximum absolute atomic E-state index is 2.25. The molecule has 0 aliphatic heterocycles. The predicted octanol–water partition coefficient (Wildman–Crippen LogP) is 7.42. The van der Waals surface area contributed by atoms with Gasteiger partial charge >= 0.3 is 0 Å². The molecule has 0 heteroatoms. The molecule has 0 bridgehead atoms. The maximum atomic E-state index is 2.25. The molecule has 0 aliphatic carbocycles. The van der Waals surface area contributed by atoms with Crippen LogP contribution in [0, 0.1) is 0 Å². The van der Waals surface area contributed by atoms with Crippen molar-refractivity contribution in [2.75, 3.05) is 0 Å². The number of hydrogen-bond acceptors (Lipinski definition) is 0. The molecule has 0 heterocycles. The average molecular weight is 279 g/mol. The van der Waals surface area contributed by atoms with Gasteiger partial charge in [-0.2, -0.15) is 0 Å². The number of unbranched alkanes of at least 4 members (excludes halogenated alkanes) is 5. The molecule has 0 atom stereocenters. The van der Waals surface area contributed by atoms with Gasteiger partial charge in [0.25, 0.3) is 0 Å². The fraction of sp³-hybridized carbons (Fsp3) is 0.700. The van der Waals surface area contributed by atoms with Crippen molar-refractivity contribution in [3.05, 3.63) is 35.9 Å². The minimum atomic E-state index is 1.21. The number of aryl methyl sites for hydroxylation is 1. The Labute approximate surface area is 129 Å². The van der Waals surface area contributed by atoms with Gasteiger partial charge in [-0.1, -0.05) is 116 Å². The molecule has 1 aromatic carbocycles. The van der Waals surface area contributed by atoms with Gasteiger partial charge in [0.05, 0.1) is 0 Å². The third-order valence-electron chi connectivity index (χ3n) is 3.09. The Bertz CT molecular complexity index is 231. The molecule has 0 aromatic heterocycles. The van der Waals surface area contributed by atoms with Gasteiger partial charge in [0, 0.05) is 0 Å². The molecule has 0 N–H and O–H groups in total. The lowest BCUT2D eigenvalue weighted by atomic mass is 10.1. The van der Waals surface area contributed by atoms with Crippen LogP contribution in [0.1, 0.15) is 91.5 Å². The Morgan fingerprint density at radius 1 is 0.550 bits per heavy atom. The molecule has 0 saturated heterocycles. The first kappa shape index (κ1) is 21.5. The number of hydrogen-bond donors (Lipinski definition) is 0. The van der Waals surface area contributed by atoms with Crippen LogP contribution in [0.5, 0.6) is 0 Å². The van der Waals surface area contributed by atoms with Crippen molar-refractivity contribution < 1.29 is 0 Å². The van der Waals surface area contributed by atoms with E-state index in [1.165, 1.54) is 63.4 Å². The van der Waals surface area contributed by atoms with Crippen LogP contribution in [0.3, 0.4) is 0 Å². The van der Waals surface area contributed by atoms with Gasteiger partial charge in [-0.05, 0) is 12.0 Å². The zero-order chi connectivity index (χ0) is 15.5. The molecule has 1 aromatic rings. The molecule has 0 unspecified atom stereocenters. The summed E-state index contributed by atoms with van der Waals surface area (Å²) in [4.78, 5) is 0. The highest BCUT2D eigenvalue weighted by Gasteiger charge is 1.84. The molecular formula is C20H38. The van der Waals surface area contributed by atoms with E-state index in [0.717, 1.165) is 0 Å². The van der Waals surface area contributed by atoms with Crippen molar-refractivity contribution in [1.82, 2.24) is 0 Å². The van der Waals surface area contributed by atoms with Crippen LogP contribution in [-0.2, 0) is 6.42 Å². The second kappa shape index (κ2) is 20.5. The molecular weight excluding hydrogens is 240 g/mol. The van der Waals surface area contributed by atoms with Crippen molar-refractivity contribution >= 4 is 0 Å². The van der Waals surface area contributed by atoms with Gasteiger partial charge in [0.2, 0.25) is 0 Å². The lowest BCUT2D eigenvalue weighted by Crippen LogP contribution is -1.78. The Hall–Kier alpha value is -0.780. The summed E-state index contributed by atoms with van der Waals surface area (Å²) in [5.41, 5.74) is 1.44. The van der Waals surface area contributed by atoms with Gasteiger partial charge in [0.1, 0.15) is 0 Å². The molecule has 20 heavy (non-hydrogen) atoms. The standard InChI is InChI=1S/C9H12.C7H16.C4H10/c1-2-6-9-7-4-3-5-8-9;1-3-5-7-6-4-2;1-3-4-2/h3-5,7-8H,2,6H2,1H3;3-7H2,1-2H3;3-4H2,1-2H3. The van der Waals surface area contributed by atoms with E-state index in [2.05, 4.69) is 65.0 Å². The van der Waals surface area contributed by atoms with Crippen molar-refractivity contribution in [2.45, 2.75) is 92.4 Å². The van der Waals surface area contributed by atoms with Crippen LogP contribution in [0.25, 0.3) is 0 Å². The van der Waals surface area contributed by atoms with E-state index in [-0.39, 0.29) is 0 Å². The van der Waals surface area contributed by atoms with E-state index >= 15 is 0 Å². The minimum Gasteiger partial charge on any atom is -0.0654 e. The Balaban J connectivity index is 0. The molecule has 0 saturated carbocycles. The summed E-state index contributed by atoms with van der Waals surface area (Å²) < 4.78 is 0. The van der Waals surface area contributed by atoms with Crippen LogP contribution in [0.4, 0.5) is 0 Å².